The molecule has 1 heterocycles. The molecule has 4 N–H and O–H groups in total. The number of hydrogen-bond donors (Lipinski definition) is 4. The molecule has 0 bridgehead atoms. The Kier molecular flexibility index (Phi) is 10.4. The monoisotopic (exact) mass is 424 g/mol. The van der Waals surface area contributed by atoms with Gasteiger partial charge in [0.15, 0.2) is 0 Å². The van der Waals surface area contributed by atoms with Crippen molar-refractivity contribution in [2.75, 3.05) is 7.11 Å². The number of halogens is 3. The number of amides is 2. The number of carbonyl (C=O) groups is 4. The van der Waals surface area contributed by atoms with Gasteiger partial charge in [0.05, 0.1) is 13.4 Å². The molecule has 13 heteroatoms. The summed E-state index contributed by atoms with van der Waals surface area (Å²) in [7, 11) is 1.26. The molecule has 0 aromatic carbocycles. The van der Waals surface area contributed by atoms with E-state index in [1.54, 1.807) is 20.0 Å². The lowest BCUT2D eigenvalue weighted by Gasteiger charge is -2.23. The van der Waals surface area contributed by atoms with Crippen LogP contribution in [0.3, 0.4) is 0 Å². The van der Waals surface area contributed by atoms with Crippen LogP contribution in [0.5, 0.6) is 0 Å². The second-order valence-electron chi connectivity index (χ2n) is 6.09. The van der Waals surface area contributed by atoms with Crippen molar-refractivity contribution in [3.05, 3.63) is 18.2 Å². The molecule has 1 rings (SSSR count). The van der Waals surface area contributed by atoms with E-state index in [1.807, 2.05) is 0 Å². The molecule has 0 fully saturated rings. The number of alkyl halides is 3. The van der Waals surface area contributed by atoms with Gasteiger partial charge in [-0.15, -0.1) is 0 Å². The fourth-order valence-corrected chi connectivity index (χ4v) is 1.95. The number of H-pyrrole nitrogens is 1. The van der Waals surface area contributed by atoms with Crippen molar-refractivity contribution < 1.29 is 42.2 Å². The van der Waals surface area contributed by atoms with Gasteiger partial charge in [-0.25, -0.2) is 14.6 Å². The van der Waals surface area contributed by atoms with E-state index in [2.05, 4.69) is 25.3 Å². The molecule has 29 heavy (non-hydrogen) atoms. The van der Waals surface area contributed by atoms with Gasteiger partial charge in [-0.1, -0.05) is 13.8 Å². The summed E-state index contributed by atoms with van der Waals surface area (Å²) in [5, 5.41) is 12.3. The quantitative estimate of drug-likeness (QED) is 0.463. The summed E-state index contributed by atoms with van der Waals surface area (Å²) in [4.78, 5) is 51.0. The molecule has 0 aliphatic rings. The largest absolute Gasteiger partial charge is 0.490 e. The molecule has 0 radical (unpaired) electrons. The molecular weight excluding hydrogens is 401 g/mol. The van der Waals surface area contributed by atoms with Crippen molar-refractivity contribution in [3.63, 3.8) is 0 Å². The standard InChI is InChI=1S/C14H22N4O4.C2HF3O2/c1-8(2)12(14(21)22-4)18-13(20)11(17-9(3)19)5-10-6-15-7-16-10;3-2(4,5)1(6)7/h6-8,11-12H,5H2,1-4H3,(H,15,16)(H,17,19)(H,18,20);(H,6,7)/t11-,12-;/m0./s1. The lowest BCUT2D eigenvalue weighted by molar-refractivity contribution is -0.192. The fourth-order valence-electron chi connectivity index (χ4n) is 1.95. The fraction of sp³-hybridized carbons (Fsp3) is 0.562. The van der Waals surface area contributed by atoms with Crippen LogP contribution in [-0.2, 0) is 30.3 Å². The first-order valence-electron chi connectivity index (χ1n) is 8.22. The molecule has 10 nitrogen and oxygen atoms in total. The molecule has 0 unspecified atom stereocenters. The van der Waals surface area contributed by atoms with E-state index in [4.69, 9.17) is 9.90 Å². The number of rotatable bonds is 7. The van der Waals surface area contributed by atoms with E-state index >= 15 is 0 Å². The van der Waals surface area contributed by atoms with Gasteiger partial charge in [0, 0.05) is 25.2 Å². The maximum absolute atomic E-state index is 12.4. The van der Waals surface area contributed by atoms with E-state index in [0.29, 0.717) is 5.69 Å². The smallest absolute Gasteiger partial charge is 0.475 e. The van der Waals surface area contributed by atoms with Crippen molar-refractivity contribution in [1.82, 2.24) is 20.6 Å². The van der Waals surface area contributed by atoms with Crippen LogP contribution < -0.4 is 10.6 Å². The van der Waals surface area contributed by atoms with Crippen LogP contribution in [-0.4, -0.2) is 64.2 Å². The SMILES string of the molecule is COC(=O)[C@@H](NC(=O)[C@H](Cc1cnc[nH]1)NC(C)=O)C(C)C.O=C(O)C(F)(F)F. The zero-order valence-electron chi connectivity index (χ0n) is 16.2. The van der Waals surface area contributed by atoms with Crippen LogP contribution in [0.1, 0.15) is 26.5 Å². The molecule has 0 aliphatic heterocycles. The first-order chi connectivity index (χ1) is 13.3. The second kappa shape index (κ2) is 11.7. The molecule has 1 aromatic rings. The Balaban J connectivity index is 0.000000956. The number of carbonyl (C=O) groups excluding carboxylic acids is 3. The highest BCUT2D eigenvalue weighted by atomic mass is 19.4. The highest BCUT2D eigenvalue weighted by Gasteiger charge is 2.38. The van der Waals surface area contributed by atoms with Gasteiger partial charge in [0.25, 0.3) is 0 Å². The predicted octanol–water partition coefficient (Wildman–Crippen LogP) is 0.404. The topological polar surface area (TPSA) is 150 Å². The Morgan fingerprint density at radius 3 is 2.14 bits per heavy atom. The van der Waals surface area contributed by atoms with Gasteiger partial charge in [-0.05, 0) is 5.92 Å². The average Bonchev–Trinajstić information content (AvgIpc) is 3.10. The predicted molar refractivity (Wildman–Crippen MR) is 92.4 cm³/mol. The third-order valence-electron chi connectivity index (χ3n) is 3.33. The number of nitrogens with one attached hydrogen (secondary N) is 3. The molecular formula is C16H23F3N4O6. The van der Waals surface area contributed by atoms with Crippen LogP contribution in [0, 0.1) is 5.92 Å². The highest BCUT2D eigenvalue weighted by molar-refractivity contribution is 5.90. The maximum atomic E-state index is 12.4. The number of imidazole rings is 1. The highest BCUT2D eigenvalue weighted by Crippen LogP contribution is 2.13. The lowest BCUT2D eigenvalue weighted by Crippen LogP contribution is -2.53. The van der Waals surface area contributed by atoms with Crippen molar-refractivity contribution >= 4 is 23.8 Å². The van der Waals surface area contributed by atoms with Gasteiger partial charge in [-0.2, -0.15) is 13.2 Å². The number of carboxylic acid groups (broad SMARTS) is 1. The minimum atomic E-state index is -5.08. The number of aliphatic carboxylic acids is 1. The maximum Gasteiger partial charge on any atom is 0.490 e. The Morgan fingerprint density at radius 1 is 1.24 bits per heavy atom. The molecule has 0 saturated heterocycles. The molecule has 0 saturated carbocycles. The minimum absolute atomic E-state index is 0.137. The number of aromatic amines is 1. The number of ether oxygens (including phenoxy) is 1. The molecule has 0 spiro atoms. The summed E-state index contributed by atoms with van der Waals surface area (Å²) in [6.45, 7) is 4.92. The summed E-state index contributed by atoms with van der Waals surface area (Å²) < 4.78 is 36.4. The number of aromatic nitrogens is 2. The van der Waals surface area contributed by atoms with Crippen LogP contribution in [0.15, 0.2) is 12.5 Å². The van der Waals surface area contributed by atoms with Gasteiger partial charge >= 0.3 is 18.1 Å². The first-order valence-corrected chi connectivity index (χ1v) is 8.22. The third-order valence-corrected chi connectivity index (χ3v) is 3.33. The van der Waals surface area contributed by atoms with Crippen molar-refractivity contribution in [2.24, 2.45) is 5.92 Å². The van der Waals surface area contributed by atoms with Gasteiger partial charge in [0.1, 0.15) is 12.1 Å². The van der Waals surface area contributed by atoms with E-state index in [0.717, 1.165) is 0 Å². The van der Waals surface area contributed by atoms with Crippen molar-refractivity contribution in [3.8, 4) is 0 Å². The third kappa shape index (κ3) is 10.1. The summed E-state index contributed by atoms with van der Waals surface area (Å²) in [6, 6.07) is -1.57. The summed E-state index contributed by atoms with van der Waals surface area (Å²) >= 11 is 0. The van der Waals surface area contributed by atoms with Crippen molar-refractivity contribution in [1.29, 1.82) is 0 Å². The Labute approximate surface area is 164 Å². The van der Waals surface area contributed by atoms with Crippen LogP contribution in [0.4, 0.5) is 13.2 Å². The molecule has 1 aromatic heterocycles. The summed E-state index contributed by atoms with van der Waals surface area (Å²) in [5.74, 6) is -4.20. The van der Waals surface area contributed by atoms with Crippen LogP contribution in [0.25, 0.3) is 0 Å². The van der Waals surface area contributed by atoms with Gasteiger partial charge < -0.3 is 25.5 Å². The van der Waals surface area contributed by atoms with E-state index in [9.17, 15) is 27.6 Å². The lowest BCUT2D eigenvalue weighted by atomic mass is 10.0. The first kappa shape index (κ1) is 25.9. The van der Waals surface area contributed by atoms with Crippen molar-refractivity contribution in [2.45, 2.75) is 45.5 Å². The normalized spacial score (nSPS) is 12.8. The Bertz CT molecular complexity index is 691. The number of methoxy groups -OCH3 is 1. The molecule has 164 valence electrons. The van der Waals surface area contributed by atoms with Crippen LogP contribution in [0.2, 0.25) is 0 Å². The minimum Gasteiger partial charge on any atom is -0.475 e. The second-order valence-corrected chi connectivity index (χ2v) is 6.09. The molecule has 0 aliphatic carbocycles. The van der Waals surface area contributed by atoms with Gasteiger partial charge in [0.2, 0.25) is 11.8 Å². The Morgan fingerprint density at radius 2 is 1.79 bits per heavy atom. The van der Waals surface area contributed by atoms with Gasteiger partial charge in [-0.3, -0.25) is 9.59 Å². The van der Waals surface area contributed by atoms with Crippen LogP contribution >= 0.6 is 0 Å². The zero-order chi connectivity index (χ0) is 22.8. The van der Waals surface area contributed by atoms with E-state index in [1.165, 1.54) is 20.4 Å². The number of nitrogens with zero attached hydrogens (tertiary/aromatic N) is 1. The Hall–Kier alpha value is -3.12. The zero-order valence-corrected chi connectivity index (χ0v) is 16.2. The van der Waals surface area contributed by atoms with E-state index < -0.39 is 36.1 Å². The number of esters is 1. The average molecular weight is 424 g/mol. The number of hydrogen-bond acceptors (Lipinski definition) is 6. The van der Waals surface area contributed by atoms with E-state index in [-0.39, 0.29) is 18.2 Å². The summed E-state index contributed by atoms with van der Waals surface area (Å²) in [6.07, 6.45) is -1.77. The summed E-state index contributed by atoms with van der Waals surface area (Å²) in [5.41, 5.74) is 0.702. The molecule has 2 amide bonds. The molecule has 2 atom stereocenters. The number of carboxylic acids is 1.